The molecule has 0 fully saturated rings. The maximum absolute atomic E-state index is 2.64. The van der Waals surface area contributed by atoms with E-state index in [0.29, 0.717) is 7.35 Å². The molecule has 3 heteroatoms. The molecule has 0 heterocycles. The summed E-state index contributed by atoms with van der Waals surface area (Å²) in [5.74, 6) is 0. The van der Waals surface area contributed by atoms with Crippen LogP contribution in [0.25, 0.3) is 23.3 Å². The van der Waals surface area contributed by atoms with Gasteiger partial charge in [-0.2, -0.15) is 0 Å². The van der Waals surface area contributed by atoms with Crippen LogP contribution in [-0.2, 0) is 44.6 Å². The van der Waals surface area contributed by atoms with E-state index in [-0.39, 0.29) is 21.7 Å². The molecule has 4 aromatic carbocycles. The Kier molecular flexibility index (Phi) is 10.9. The molecule has 2 unspecified atom stereocenters. The zero-order valence-corrected chi connectivity index (χ0v) is 43.3. The van der Waals surface area contributed by atoms with E-state index in [1.54, 1.807) is 32.6 Å². The van der Waals surface area contributed by atoms with E-state index >= 15 is 0 Å². The van der Waals surface area contributed by atoms with Gasteiger partial charge in [-0.15, -0.1) is 0 Å². The third kappa shape index (κ3) is 8.90. The quantitative estimate of drug-likeness (QED) is 0.169. The summed E-state index contributed by atoms with van der Waals surface area (Å²) >= 11 is -1.58. The van der Waals surface area contributed by atoms with Crippen LogP contribution in [0.1, 0.15) is 146 Å². The predicted octanol–water partition coefficient (Wildman–Crippen LogP) is 13.9. The number of hydrogen-bond acceptors (Lipinski definition) is 0. The molecular weight excluding hydrogens is 859 g/mol. The standard InChI is InChI=1S/2C26H35Si.Hf/c2*1-25(2,3)22-14-21(15-23(17-22)26(4,5)6)19-12-18-10-11-24(27(7,8)9)16-20(18)13-19;/h2*10-17H,1-9H3;. The summed E-state index contributed by atoms with van der Waals surface area (Å²) in [6, 6.07) is 30.5. The van der Waals surface area contributed by atoms with E-state index in [1.807, 2.05) is 0 Å². The molecule has 0 saturated carbocycles. The van der Waals surface area contributed by atoms with E-state index in [0.717, 1.165) is 0 Å². The van der Waals surface area contributed by atoms with Gasteiger partial charge >= 0.3 is 353 Å². The Hall–Kier alpha value is -2.34. The van der Waals surface area contributed by atoms with Crippen LogP contribution >= 0.6 is 0 Å². The summed E-state index contributed by atoms with van der Waals surface area (Å²) in [6.07, 6.45) is 5.27. The fourth-order valence-corrected chi connectivity index (χ4v) is 17.8. The molecule has 4 aromatic rings. The first-order valence-corrected chi connectivity index (χ1v) is 32.0. The monoisotopic (exact) mass is 930 g/mol. The zero-order chi connectivity index (χ0) is 40.8. The van der Waals surface area contributed by atoms with Gasteiger partial charge in [-0.05, 0) is 0 Å². The molecule has 0 radical (unpaired) electrons. The van der Waals surface area contributed by atoms with Crippen molar-refractivity contribution in [2.24, 2.45) is 0 Å². The molecule has 2 aliphatic carbocycles. The Bertz CT molecular complexity index is 1970. The normalized spacial score (nSPS) is 17.9. The van der Waals surface area contributed by atoms with E-state index in [2.05, 4.69) is 207 Å². The summed E-state index contributed by atoms with van der Waals surface area (Å²) in [7, 11) is -2.97. The van der Waals surface area contributed by atoms with Crippen LogP contribution in [0.2, 0.25) is 39.3 Å². The molecule has 290 valence electrons. The molecule has 0 nitrogen and oxygen atoms in total. The minimum absolute atomic E-state index is 0.0712. The summed E-state index contributed by atoms with van der Waals surface area (Å²) in [4.78, 5) is 0. The topological polar surface area (TPSA) is 0 Å². The van der Waals surface area contributed by atoms with Crippen molar-refractivity contribution in [3.63, 3.8) is 0 Å². The van der Waals surface area contributed by atoms with Crippen molar-refractivity contribution < 1.29 is 22.9 Å². The van der Waals surface area contributed by atoms with Gasteiger partial charge in [0.1, 0.15) is 0 Å². The van der Waals surface area contributed by atoms with Crippen molar-refractivity contribution in [1.29, 1.82) is 0 Å². The second-order valence-electron chi connectivity index (χ2n) is 23.0. The van der Waals surface area contributed by atoms with Crippen molar-refractivity contribution >= 4 is 49.8 Å². The SMILES string of the molecule is CC(C)(C)c1cc(C2=Cc3cc([Si](C)(C)C)ccc3[CH]2[Hf][CH]2C(c3cc(C(C)(C)C)cc(C(C)(C)C)c3)=Cc3cc([Si](C)(C)C)ccc32)cc(C(C)(C)C)c1. The van der Waals surface area contributed by atoms with Crippen LogP contribution in [0.5, 0.6) is 0 Å². The number of rotatable bonds is 6. The van der Waals surface area contributed by atoms with Gasteiger partial charge in [0.15, 0.2) is 0 Å². The van der Waals surface area contributed by atoms with Crippen LogP contribution in [-0.4, -0.2) is 16.1 Å². The van der Waals surface area contributed by atoms with E-state index < -0.39 is 39.1 Å². The molecule has 0 spiro atoms. The fourth-order valence-electron chi connectivity index (χ4n) is 8.04. The van der Waals surface area contributed by atoms with Crippen LogP contribution in [0.4, 0.5) is 0 Å². The van der Waals surface area contributed by atoms with E-state index in [9.17, 15) is 0 Å². The number of benzene rings is 4. The molecule has 0 bridgehead atoms. The molecule has 0 aliphatic heterocycles. The summed E-state index contributed by atoms with van der Waals surface area (Å²) in [6.45, 7) is 43.5. The number of hydrogen-bond donors (Lipinski definition) is 0. The Labute approximate surface area is 350 Å². The van der Waals surface area contributed by atoms with Gasteiger partial charge in [0, 0.05) is 0 Å². The van der Waals surface area contributed by atoms with Crippen molar-refractivity contribution in [2.75, 3.05) is 0 Å². The minimum atomic E-state index is -1.58. The average molecular weight is 930 g/mol. The van der Waals surface area contributed by atoms with Crippen LogP contribution in [0.15, 0.2) is 72.8 Å². The molecule has 55 heavy (non-hydrogen) atoms. The average Bonchev–Trinajstić information content (AvgIpc) is 3.59. The van der Waals surface area contributed by atoms with E-state index in [4.69, 9.17) is 0 Å². The Morgan fingerprint density at radius 2 is 0.691 bits per heavy atom. The fraction of sp³-hybridized carbons (Fsp3) is 0.462. The second kappa shape index (κ2) is 14.2. The van der Waals surface area contributed by atoms with Crippen molar-refractivity contribution in [3.05, 3.63) is 128 Å². The van der Waals surface area contributed by atoms with Gasteiger partial charge in [0.25, 0.3) is 0 Å². The molecule has 0 N–H and O–H groups in total. The first-order valence-electron chi connectivity index (χ1n) is 20.8. The molecule has 6 rings (SSSR count). The predicted molar refractivity (Wildman–Crippen MR) is 248 cm³/mol. The van der Waals surface area contributed by atoms with E-state index in [1.165, 1.54) is 44.5 Å². The molecular formula is C52H70HfSi2. The van der Waals surface area contributed by atoms with Crippen molar-refractivity contribution in [2.45, 2.75) is 151 Å². The van der Waals surface area contributed by atoms with Gasteiger partial charge in [-0.25, -0.2) is 0 Å². The first-order chi connectivity index (χ1) is 25.0. The Morgan fingerprint density at radius 1 is 0.400 bits per heavy atom. The molecule has 0 amide bonds. The number of allylic oxidation sites excluding steroid dienone is 2. The summed E-state index contributed by atoms with van der Waals surface area (Å²) < 4.78 is 0.968. The Balaban J connectivity index is 1.59. The third-order valence-corrected chi connectivity index (χ3v) is 23.1. The van der Waals surface area contributed by atoms with Gasteiger partial charge in [0.2, 0.25) is 0 Å². The molecule has 0 saturated heterocycles. The van der Waals surface area contributed by atoms with Gasteiger partial charge in [-0.3, -0.25) is 0 Å². The summed E-state index contributed by atoms with van der Waals surface area (Å²) in [5.41, 5.74) is 18.2. The molecule has 0 aromatic heterocycles. The van der Waals surface area contributed by atoms with Crippen LogP contribution in [0, 0.1) is 0 Å². The molecule has 2 aliphatic rings. The van der Waals surface area contributed by atoms with Gasteiger partial charge in [0.05, 0.1) is 0 Å². The Morgan fingerprint density at radius 3 is 0.945 bits per heavy atom. The molecule has 2 atom stereocenters. The van der Waals surface area contributed by atoms with Crippen molar-refractivity contribution in [1.82, 2.24) is 0 Å². The zero-order valence-electron chi connectivity index (χ0n) is 37.7. The summed E-state index contributed by atoms with van der Waals surface area (Å²) in [5, 5.41) is 3.13. The van der Waals surface area contributed by atoms with Gasteiger partial charge in [-0.1, -0.05) is 0 Å². The second-order valence-corrected chi connectivity index (χ2v) is 38.5. The van der Waals surface area contributed by atoms with Crippen LogP contribution < -0.4 is 10.4 Å². The van der Waals surface area contributed by atoms with Crippen molar-refractivity contribution in [3.8, 4) is 0 Å². The number of fused-ring (bicyclic) bond motifs is 2. The third-order valence-electron chi connectivity index (χ3n) is 12.1. The van der Waals surface area contributed by atoms with Gasteiger partial charge < -0.3 is 0 Å². The van der Waals surface area contributed by atoms with Crippen LogP contribution in [0.3, 0.4) is 0 Å². The first kappa shape index (κ1) is 42.3. The maximum atomic E-state index is 2.64.